The lowest BCUT2D eigenvalue weighted by Gasteiger charge is -2.28. The third-order valence-corrected chi connectivity index (χ3v) is 6.57. The van der Waals surface area contributed by atoms with E-state index in [1.165, 1.54) is 73.6 Å². The van der Waals surface area contributed by atoms with Gasteiger partial charge in [0, 0.05) is 0 Å². The first-order chi connectivity index (χ1) is 14.2. The van der Waals surface area contributed by atoms with Gasteiger partial charge in [0.05, 0.1) is 6.67 Å². The first kappa shape index (κ1) is 21.8. The van der Waals surface area contributed by atoms with Gasteiger partial charge in [0.25, 0.3) is 0 Å². The topological polar surface area (TPSA) is 0 Å². The van der Waals surface area contributed by atoms with E-state index < -0.39 is 0 Å². The van der Waals surface area contributed by atoms with E-state index in [1.807, 2.05) is 6.08 Å². The van der Waals surface area contributed by atoms with Crippen LogP contribution in [0.15, 0.2) is 60.7 Å². The minimum Gasteiger partial charge on any atom is -0.251 e. The predicted molar refractivity (Wildman–Crippen MR) is 124 cm³/mol. The van der Waals surface area contributed by atoms with Crippen molar-refractivity contribution in [2.75, 3.05) is 6.67 Å². The molecule has 2 aromatic rings. The van der Waals surface area contributed by atoms with Crippen LogP contribution >= 0.6 is 0 Å². The average Bonchev–Trinajstić information content (AvgIpc) is 2.76. The maximum Gasteiger partial charge on any atom is 0.0928 e. The SMILES string of the molecule is Cc1ccc(-c2ccc(CCC3CCC(CCC/C=C/CCF)CC3)cc2)cc1. The van der Waals surface area contributed by atoms with Crippen LogP contribution in [0.2, 0.25) is 0 Å². The molecule has 1 aliphatic carbocycles. The smallest absolute Gasteiger partial charge is 0.0928 e. The van der Waals surface area contributed by atoms with Crippen LogP contribution in [-0.2, 0) is 6.42 Å². The Morgan fingerprint density at radius 1 is 0.759 bits per heavy atom. The molecular weight excluding hydrogens is 355 g/mol. The van der Waals surface area contributed by atoms with E-state index in [0.29, 0.717) is 6.42 Å². The molecular formula is C28H37F. The normalized spacial score (nSPS) is 19.7. The molecule has 1 aliphatic rings. The highest BCUT2D eigenvalue weighted by Crippen LogP contribution is 2.34. The number of halogens is 1. The summed E-state index contributed by atoms with van der Waals surface area (Å²) in [5.74, 6) is 1.84. The number of hydrogen-bond donors (Lipinski definition) is 0. The zero-order valence-corrected chi connectivity index (χ0v) is 18.1. The predicted octanol–water partition coefficient (Wildman–Crippen LogP) is 8.49. The van der Waals surface area contributed by atoms with Gasteiger partial charge < -0.3 is 0 Å². The summed E-state index contributed by atoms with van der Waals surface area (Å²) in [5.41, 5.74) is 5.40. The average molecular weight is 393 g/mol. The third-order valence-electron chi connectivity index (χ3n) is 6.57. The summed E-state index contributed by atoms with van der Waals surface area (Å²) in [7, 11) is 0. The van der Waals surface area contributed by atoms with Crippen LogP contribution in [-0.4, -0.2) is 6.67 Å². The van der Waals surface area contributed by atoms with E-state index >= 15 is 0 Å². The summed E-state index contributed by atoms with van der Waals surface area (Å²) in [5, 5.41) is 0. The van der Waals surface area contributed by atoms with Crippen LogP contribution in [0.3, 0.4) is 0 Å². The van der Waals surface area contributed by atoms with Crippen molar-refractivity contribution < 1.29 is 4.39 Å². The first-order valence-electron chi connectivity index (χ1n) is 11.6. The van der Waals surface area contributed by atoms with Gasteiger partial charge in [0.15, 0.2) is 0 Å². The molecule has 3 rings (SSSR count). The fourth-order valence-corrected chi connectivity index (χ4v) is 4.61. The molecule has 0 spiro atoms. The van der Waals surface area contributed by atoms with Gasteiger partial charge in [-0.1, -0.05) is 98.4 Å². The van der Waals surface area contributed by atoms with E-state index in [4.69, 9.17) is 0 Å². The molecule has 1 fully saturated rings. The lowest BCUT2D eigenvalue weighted by atomic mass is 9.78. The van der Waals surface area contributed by atoms with E-state index in [9.17, 15) is 4.39 Å². The fraction of sp³-hybridized carbons (Fsp3) is 0.500. The van der Waals surface area contributed by atoms with Gasteiger partial charge in [-0.2, -0.15) is 0 Å². The molecule has 0 aliphatic heterocycles. The van der Waals surface area contributed by atoms with Gasteiger partial charge in [-0.3, -0.25) is 4.39 Å². The van der Waals surface area contributed by atoms with Gasteiger partial charge in [-0.05, 0) is 67.6 Å². The lowest BCUT2D eigenvalue weighted by molar-refractivity contribution is 0.250. The maximum atomic E-state index is 12.0. The highest BCUT2D eigenvalue weighted by atomic mass is 19.1. The van der Waals surface area contributed by atoms with E-state index in [-0.39, 0.29) is 6.67 Å². The van der Waals surface area contributed by atoms with Gasteiger partial charge in [-0.25, -0.2) is 0 Å². The second kappa shape index (κ2) is 12.0. The summed E-state index contributed by atoms with van der Waals surface area (Å²) in [6.45, 7) is 1.91. The van der Waals surface area contributed by atoms with Crippen molar-refractivity contribution in [3.63, 3.8) is 0 Å². The Hall–Kier alpha value is -1.89. The van der Waals surface area contributed by atoms with Crippen molar-refractivity contribution in [2.24, 2.45) is 11.8 Å². The molecule has 156 valence electrons. The Kier molecular flexibility index (Phi) is 8.99. The number of hydrogen-bond acceptors (Lipinski definition) is 0. The van der Waals surface area contributed by atoms with Crippen molar-refractivity contribution in [3.05, 3.63) is 71.8 Å². The van der Waals surface area contributed by atoms with Crippen molar-refractivity contribution in [1.82, 2.24) is 0 Å². The van der Waals surface area contributed by atoms with Crippen molar-refractivity contribution in [1.29, 1.82) is 0 Å². The van der Waals surface area contributed by atoms with Gasteiger partial charge in [0.2, 0.25) is 0 Å². The molecule has 2 aromatic carbocycles. The second-order valence-electron chi connectivity index (χ2n) is 8.87. The van der Waals surface area contributed by atoms with Crippen molar-refractivity contribution >= 4 is 0 Å². The second-order valence-corrected chi connectivity index (χ2v) is 8.87. The number of allylic oxidation sites excluding steroid dienone is 2. The quantitative estimate of drug-likeness (QED) is 0.281. The first-order valence-corrected chi connectivity index (χ1v) is 11.6. The molecule has 0 atom stereocenters. The van der Waals surface area contributed by atoms with Crippen LogP contribution in [0.4, 0.5) is 4.39 Å². The molecule has 0 radical (unpaired) electrons. The Labute approximate surface area is 177 Å². The molecule has 0 amide bonds. The Bertz CT molecular complexity index is 718. The van der Waals surface area contributed by atoms with Gasteiger partial charge in [-0.15, -0.1) is 0 Å². The Balaban J connectivity index is 1.34. The van der Waals surface area contributed by atoms with Crippen LogP contribution in [0.5, 0.6) is 0 Å². The molecule has 0 nitrogen and oxygen atoms in total. The zero-order chi connectivity index (χ0) is 20.3. The monoisotopic (exact) mass is 392 g/mol. The Morgan fingerprint density at radius 2 is 1.31 bits per heavy atom. The molecule has 0 heterocycles. The lowest BCUT2D eigenvalue weighted by Crippen LogP contribution is -2.15. The standard InChI is InChI=1S/C28H37F/c1-23-8-18-27(19-9-23)28-20-16-26(17-21-28)15-14-25-12-10-24(11-13-25)7-5-3-2-4-6-22-29/h2,4,8-9,16-21,24-25H,3,5-7,10-15,22H2,1H3/b4-2+. The van der Waals surface area contributed by atoms with E-state index in [0.717, 1.165) is 18.3 Å². The highest BCUT2D eigenvalue weighted by Gasteiger charge is 2.20. The van der Waals surface area contributed by atoms with Gasteiger partial charge >= 0.3 is 0 Å². The molecule has 1 heteroatoms. The molecule has 29 heavy (non-hydrogen) atoms. The van der Waals surface area contributed by atoms with Crippen molar-refractivity contribution in [3.8, 4) is 11.1 Å². The van der Waals surface area contributed by atoms with Crippen LogP contribution in [0.1, 0.15) is 68.9 Å². The molecule has 1 saturated carbocycles. The van der Waals surface area contributed by atoms with Crippen molar-refractivity contribution in [2.45, 2.75) is 71.1 Å². The minimum absolute atomic E-state index is 0.225. The number of benzene rings is 2. The van der Waals surface area contributed by atoms with Crippen LogP contribution in [0.25, 0.3) is 11.1 Å². The summed E-state index contributed by atoms with van der Waals surface area (Å²) in [4.78, 5) is 0. The molecule has 0 saturated heterocycles. The summed E-state index contributed by atoms with van der Waals surface area (Å²) in [6.07, 6.45) is 16.7. The number of unbranched alkanes of at least 4 members (excludes halogenated alkanes) is 1. The summed E-state index contributed by atoms with van der Waals surface area (Å²) >= 11 is 0. The maximum absolute atomic E-state index is 12.0. The van der Waals surface area contributed by atoms with Crippen LogP contribution < -0.4 is 0 Å². The Morgan fingerprint density at radius 3 is 1.93 bits per heavy atom. The minimum atomic E-state index is -0.225. The molecule has 0 N–H and O–H groups in total. The number of rotatable bonds is 10. The van der Waals surface area contributed by atoms with E-state index in [1.54, 1.807) is 0 Å². The van der Waals surface area contributed by atoms with E-state index in [2.05, 4.69) is 61.5 Å². The molecule has 0 unspecified atom stereocenters. The third kappa shape index (κ3) is 7.46. The summed E-state index contributed by atoms with van der Waals surface area (Å²) in [6, 6.07) is 18.0. The largest absolute Gasteiger partial charge is 0.251 e. The van der Waals surface area contributed by atoms with Gasteiger partial charge in [0.1, 0.15) is 0 Å². The molecule has 0 bridgehead atoms. The summed E-state index contributed by atoms with van der Waals surface area (Å²) < 4.78 is 12.0. The highest BCUT2D eigenvalue weighted by molar-refractivity contribution is 5.63. The number of alkyl halides is 1. The van der Waals surface area contributed by atoms with Crippen LogP contribution in [0, 0.1) is 18.8 Å². The molecule has 0 aromatic heterocycles. The fourth-order valence-electron chi connectivity index (χ4n) is 4.61. The number of aryl methyl sites for hydroxylation is 2. The zero-order valence-electron chi connectivity index (χ0n) is 18.1.